The van der Waals surface area contributed by atoms with E-state index in [9.17, 15) is 4.79 Å². The maximum absolute atomic E-state index is 11.7. The van der Waals surface area contributed by atoms with Crippen LogP contribution in [0.2, 0.25) is 0 Å². The second-order valence-electron chi connectivity index (χ2n) is 5.18. The minimum atomic E-state index is -0.336. The lowest BCUT2D eigenvalue weighted by atomic mass is 10.0. The Balaban J connectivity index is 1.84. The second-order valence-corrected chi connectivity index (χ2v) is 6.04. The van der Waals surface area contributed by atoms with E-state index in [2.05, 4.69) is 45.3 Å². The smallest absolute Gasteiger partial charge is 0.277 e. The molecule has 0 atom stereocenters. The zero-order chi connectivity index (χ0) is 16.7. The van der Waals surface area contributed by atoms with Gasteiger partial charge in [0.05, 0.1) is 16.4 Å². The molecule has 6 heteroatoms. The van der Waals surface area contributed by atoms with Crippen LogP contribution >= 0.6 is 15.9 Å². The standard InChI is InChI=1S/C17H18BrN3O2/c1-12(2)13-6-7-16(15(18)9-13)23-11-17(22)21-20-10-14-5-3-4-8-19-14/h3-10,12H,11H2,1-2H3,(H,21,22)/b20-10+. The molecule has 0 spiro atoms. The number of carbonyl (C=O) groups excluding carboxylic acids is 1. The van der Waals surface area contributed by atoms with Crippen LogP contribution in [0.3, 0.4) is 0 Å². The molecule has 0 unspecified atom stereocenters. The summed E-state index contributed by atoms with van der Waals surface area (Å²) >= 11 is 3.45. The highest BCUT2D eigenvalue weighted by atomic mass is 79.9. The van der Waals surface area contributed by atoms with Crippen LogP contribution in [0.1, 0.15) is 31.0 Å². The van der Waals surface area contributed by atoms with Gasteiger partial charge in [-0.05, 0) is 51.7 Å². The Hall–Kier alpha value is -2.21. The monoisotopic (exact) mass is 375 g/mol. The van der Waals surface area contributed by atoms with Gasteiger partial charge in [0.15, 0.2) is 6.61 Å². The van der Waals surface area contributed by atoms with Gasteiger partial charge in [-0.2, -0.15) is 5.10 Å². The van der Waals surface area contributed by atoms with Crippen LogP contribution in [0.4, 0.5) is 0 Å². The second kappa shape index (κ2) is 8.43. The summed E-state index contributed by atoms with van der Waals surface area (Å²) in [5, 5.41) is 3.83. The summed E-state index contributed by atoms with van der Waals surface area (Å²) in [4.78, 5) is 15.8. The molecule has 0 aliphatic carbocycles. The van der Waals surface area contributed by atoms with Crippen molar-refractivity contribution in [2.45, 2.75) is 19.8 Å². The van der Waals surface area contributed by atoms with Gasteiger partial charge < -0.3 is 4.74 Å². The summed E-state index contributed by atoms with van der Waals surface area (Å²) in [6.07, 6.45) is 3.13. The maximum Gasteiger partial charge on any atom is 0.277 e. The van der Waals surface area contributed by atoms with Crippen molar-refractivity contribution in [3.8, 4) is 5.75 Å². The number of aromatic nitrogens is 1. The van der Waals surface area contributed by atoms with Crippen molar-refractivity contribution in [1.82, 2.24) is 10.4 Å². The van der Waals surface area contributed by atoms with Gasteiger partial charge in [-0.3, -0.25) is 9.78 Å². The molecule has 23 heavy (non-hydrogen) atoms. The number of hydrogen-bond donors (Lipinski definition) is 1. The van der Waals surface area contributed by atoms with E-state index in [1.807, 2.05) is 30.3 Å². The number of hydrogen-bond acceptors (Lipinski definition) is 4. The van der Waals surface area contributed by atoms with Crippen molar-refractivity contribution >= 4 is 28.1 Å². The molecule has 0 aliphatic rings. The molecule has 0 aliphatic heterocycles. The first-order valence-corrected chi connectivity index (χ1v) is 8.00. The largest absolute Gasteiger partial charge is 0.483 e. The molecular weight excluding hydrogens is 358 g/mol. The number of nitrogens with one attached hydrogen (secondary N) is 1. The molecule has 0 bridgehead atoms. The highest BCUT2D eigenvalue weighted by molar-refractivity contribution is 9.10. The van der Waals surface area contributed by atoms with Gasteiger partial charge in [0.2, 0.25) is 0 Å². The molecular formula is C17H18BrN3O2. The fourth-order valence-corrected chi connectivity index (χ4v) is 2.30. The Morgan fingerprint density at radius 2 is 2.22 bits per heavy atom. The van der Waals surface area contributed by atoms with Gasteiger partial charge in [0, 0.05) is 6.20 Å². The number of carbonyl (C=O) groups is 1. The van der Waals surface area contributed by atoms with Crippen molar-refractivity contribution in [1.29, 1.82) is 0 Å². The third-order valence-corrected chi connectivity index (χ3v) is 3.67. The molecule has 5 nitrogen and oxygen atoms in total. The topological polar surface area (TPSA) is 63.6 Å². The van der Waals surface area contributed by atoms with E-state index >= 15 is 0 Å². The summed E-state index contributed by atoms with van der Waals surface area (Å²) < 4.78 is 6.31. The molecule has 0 radical (unpaired) electrons. The molecule has 1 heterocycles. The normalized spacial score (nSPS) is 11.0. The fourth-order valence-electron chi connectivity index (χ4n) is 1.79. The van der Waals surface area contributed by atoms with Crippen LogP contribution in [0.5, 0.6) is 5.75 Å². The molecule has 1 aromatic heterocycles. The Morgan fingerprint density at radius 3 is 2.87 bits per heavy atom. The third kappa shape index (κ3) is 5.49. The van der Waals surface area contributed by atoms with Crippen molar-refractivity contribution in [2.75, 3.05) is 6.61 Å². The minimum Gasteiger partial charge on any atom is -0.483 e. The molecule has 1 amide bonds. The first kappa shape index (κ1) is 17.1. The third-order valence-electron chi connectivity index (χ3n) is 3.06. The Kier molecular flexibility index (Phi) is 6.29. The highest BCUT2D eigenvalue weighted by Gasteiger charge is 2.07. The molecule has 0 fully saturated rings. The van der Waals surface area contributed by atoms with Crippen LogP contribution in [0.15, 0.2) is 52.2 Å². The number of hydrazone groups is 1. The van der Waals surface area contributed by atoms with Crippen molar-refractivity contribution in [3.63, 3.8) is 0 Å². The van der Waals surface area contributed by atoms with Crippen LogP contribution in [-0.4, -0.2) is 23.7 Å². The van der Waals surface area contributed by atoms with E-state index in [1.165, 1.54) is 11.8 Å². The summed E-state index contributed by atoms with van der Waals surface area (Å²) in [5.41, 5.74) is 4.27. The Bertz CT molecular complexity index is 687. The van der Waals surface area contributed by atoms with Crippen molar-refractivity contribution < 1.29 is 9.53 Å². The van der Waals surface area contributed by atoms with E-state index in [0.29, 0.717) is 17.4 Å². The SMILES string of the molecule is CC(C)c1ccc(OCC(=O)N/N=C/c2ccccn2)c(Br)c1. The lowest BCUT2D eigenvalue weighted by Gasteiger charge is -2.10. The molecule has 1 N–H and O–H groups in total. The molecule has 2 rings (SSSR count). The number of rotatable bonds is 6. The quantitative estimate of drug-likeness (QED) is 0.620. The van der Waals surface area contributed by atoms with Crippen molar-refractivity contribution in [3.05, 3.63) is 58.3 Å². The minimum absolute atomic E-state index is 0.112. The number of ether oxygens (including phenoxy) is 1. The van der Waals surface area contributed by atoms with E-state index < -0.39 is 0 Å². The summed E-state index contributed by atoms with van der Waals surface area (Å²) in [7, 11) is 0. The predicted octanol–water partition coefficient (Wildman–Crippen LogP) is 3.50. The molecule has 1 aromatic carbocycles. The van der Waals surface area contributed by atoms with Crippen LogP contribution in [0, 0.1) is 0 Å². The van der Waals surface area contributed by atoms with E-state index in [1.54, 1.807) is 12.3 Å². The lowest BCUT2D eigenvalue weighted by Crippen LogP contribution is -2.24. The number of pyridine rings is 1. The summed E-state index contributed by atoms with van der Waals surface area (Å²) in [5.74, 6) is 0.722. The predicted molar refractivity (Wildman–Crippen MR) is 93.7 cm³/mol. The number of nitrogens with zero attached hydrogens (tertiary/aromatic N) is 2. The van der Waals surface area contributed by atoms with E-state index in [-0.39, 0.29) is 12.5 Å². The number of halogens is 1. The molecule has 0 saturated carbocycles. The van der Waals surface area contributed by atoms with Crippen molar-refractivity contribution in [2.24, 2.45) is 5.10 Å². The van der Waals surface area contributed by atoms with Crippen LogP contribution in [0.25, 0.3) is 0 Å². The zero-order valence-corrected chi connectivity index (χ0v) is 14.6. The van der Waals surface area contributed by atoms with Gasteiger partial charge in [-0.25, -0.2) is 5.43 Å². The first-order valence-electron chi connectivity index (χ1n) is 7.21. The van der Waals surface area contributed by atoms with E-state index in [0.717, 1.165) is 4.47 Å². The fraction of sp³-hybridized carbons (Fsp3) is 0.235. The molecule has 120 valence electrons. The van der Waals surface area contributed by atoms with Gasteiger partial charge >= 0.3 is 0 Å². The van der Waals surface area contributed by atoms with Gasteiger partial charge in [0.1, 0.15) is 5.75 Å². The zero-order valence-electron chi connectivity index (χ0n) is 13.0. The average Bonchev–Trinajstić information content (AvgIpc) is 2.54. The van der Waals surface area contributed by atoms with Gasteiger partial charge in [0.25, 0.3) is 5.91 Å². The molecule has 2 aromatic rings. The van der Waals surface area contributed by atoms with Gasteiger partial charge in [-0.1, -0.05) is 26.0 Å². The lowest BCUT2D eigenvalue weighted by molar-refractivity contribution is -0.123. The Morgan fingerprint density at radius 1 is 1.39 bits per heavy atom. The van der Waals surface area contributed by atoms with Crippen LogP contribution < -0.4 is 10.2 Å². The number of amides is 1. The molecule has 0 saturated heterocycles. The van der Waals surface area contributed by atoms with E-state index in [4.69, 9.17) is 4.74 Å². The summed E-state index contributed by atoms with van der Waals surface area (Å²) in [6.45, 7) is 4.13. The number of benzene rings is 1. The van der Waals surface area contributed by atoms with Gasteiger partial charge in [-0.15, -0.1) is 0 Å². The Labute approximate surface area is 143 Å². The first-order chi connectivity index (χ1) is 11.1. The van der Waals surface area contributed by atoms with Crippen LogP contribution in [-0.2, 0) is 4.79 Å². The summed E-state index contributed by atoms with van der Waals surface area (Å²) in [6, 6.07) is 11.3. The average molecular weight is 376 g/mol. The highest BCUT2D eigenvalue weighted by Crippen LogP contribution is 2.28. The maximum atomic E-state index is 11.7.